The maximum atomic E-state index is 11.1. The van der Waals surface area contributed by atoms with Crippen molar-refractivity contribution in [3.8, 4) is 0 Å². The molecule has 1 rings (SSSR count). The van der Waals surface area contributed by atoms with Crippen molar-refractivity contribution in [2.75, 3.05) is 26.7 Å². The Labute approximate surface area is 86.4 Å². The van der Waals surface area contributed by atoms with E-state index in [-0.39, 0.29) is 5.97 Å². The molecule has 1 heterocycles. The van der Waals surface area contributed by atoms with Gasteiger partial charge in [0.25, 0.3) is 0 Å². The van der Waals surface area contributed by atoms with E-state index in [0.29, 0.717) is 13.0 Å². The molecule has 14 heavy (non-hydrogen) atoms. The number of esters is 1. The number of carbonyl (C=O) groups is 1. The highest BCUT2D eigenvalue weighted by Gasteiger charge is 2.17. The van der Waals surface area contributed by atoms with Crippen molar-refractivity contribution < 1.29 is 9.53 Å². The molecule has 0 atom stereocenters. The summed E-state index contributed by atoms with van der Waals surface area (Å²) < 4.78 is 4.90. The number of hydrogen-bond acceptors (Lipinski definition) is 3. The van der Waals surface area contributed by atoms with Crippen LogP contribution in [0.25, 0.3) is 0 Å². The van der Waals surface area contributed by atoms with Crippen LogP contribution >= 0.6 is 0 Å². The Bertz CT molecular complexity index is 174. The fraction of sp³-hybridized carbons (Fsp3) is 0.909. The lowest BCUT2D eigenvalue weighted by molar-refractivity contribution is -0.143. The van der Waals surface area contributed by atoms with Gasteiger partial charge in [-0.3, -0.25) is 4.79 Å². The van der Waals surface area contributed by atoms with Gasteiger partial charge in [0.2, 0.25) is 0 Å². The number of piperidine rings is 1. The zero-order valence-electron chi connectivity index (χ0n) is 9.29. The van der Waals surface area contributed by atoms with E-state index >= 15 is 0 Å². The average Bonchev–Trinajstić information content (AvgIpc) is 2.17. The van der Waals surface area contributed by atoms with Crippen LogP contribution in [0.5, 0.6) is 0 Å². The Balaban J connectivity index is 2.09. The van der Waals surface area contributed by atoms with Crippen LogP contribution in [0.4, 0.5) is 0 Å². The van der Waals surface area contributed by atoms with E-state index in [1.54, 1.807) is 0 Å². The van der Waals surface area contributed by atoms with Gasteiger partial charge < -0.3 is 9.64 Å². The predicted molar refractivity (Wildman–Crippen MR) is 56.1 cm³/mol. The second kappa shape index (κ2) is 6.02. The van der Waals surface area contributed by atoms with E-state index in [4.69, 9.17) is 4.74 Å². The molecule has 0 unspecified atom stereocenters. The standard InChI is InChI=1S/C11H21NO2/c1-3-14-11(13)5-4-10-6-8-12(2)9-7-10/h10H,3-9H2,1-2H3. The molecule has 1 aliphatic rings. The first kappa shape index (κ1) is 11.5. The van der Waals surface area contributed by atoms with Crippen molar-refractivity contribution in [2.24, 2.45) is 5.92 Å². The minimum Gasteiger partial charge on any atom is -0.466 e. The van der Waals surface area contributed by atoms with Crippen LogP contribution in [-0.4, -0.2) is 37.6 Å². The second-order valence-electron chi connectivity index (χ2n) is 4.09. The molecule has 0 aromatic rings. The van der Waals surface area contributed by atoms with E-state index in [9.17, 15) is 4.79 Å². The van der Waals surface area contributed by atoms with Crippen molar-refractivity contribution in [1.29, 1.82) is 0 Å². The third-order valence-electron chi connectivity index (χ3n) is 2.90. The molecule has 1 saturated heterocycles. The lowest BCUT2D eigenvalue weighted by Crippen LogP contribution is -2.30. The van der Waals surface area contributed by atoms with Crippen LogP contribution in [0.15, 0.2) is 0 Å². The molecule has 3 nitrogen and oxygen atoms in total. The normalized spacial score (nSPS) is 19.6. The number of rotatable bonds is 4. The summed E-state index contributed by atoms with van der Waals surface area (Å²) in [5, 5.41) is 0. The molecule has 82 valence electrons. The van der Waals surface area contributed by atoms with E-state index in [2.05, 4.69) is 11.9 Å². The smallest absolute Gasteiger partial charge is 0.305 e. The third kappa shape index (κ3) is 4.09. The number of nitrogens with zero attached hydrogens (tertiary/aromatic N) is 1. The van der Waals surface area contributed by atoms with Crippen LogP contribution in [0, 0.1) is 5.92 Å². The summed E-state index contributed by atoms with van der Waals surface area (Å²) >= 11 is 0. The Morgan fingerprint density at radius 1 is 1.43 bits per heavy atom. The number of likely N-dealkylation sites (tertiary alicyclic amines) is 1. The fourth-order valence-corrected chi connectivity index (χ4v) is 1.91. The first-order valence-corrected chi connectivity index (χ1v) is 5.56. The van der Waals surface area contributed by atoms with Crippen LogP contribution in [0.2, 0.25) is 0 Å². The molecule has 0 N–H and O–H groups in total. The summed E-state index contributed by atoms with van der Waals surface area (Å²) in [6.07, 6.45) is 4.07. The van der Waals surface area contributed by atoms with Crippen molar-refractivity contribution in [3.63, 3.8) is 0 Å². The van der Waals surface area contributed by atoms with Gasteiger partial charge in [0, 0.05) is 6.42 Å². The van der Waals surface area contributed by atoms with Crippen molar-refractivity contribution >= 4 is 5.97 Å². The monoisotopic (exact) mass is 199 g/mol. The summed E-state index contributed by atoms with van der Waals surface area (Å²) in [7, 11) is 2.15. The SMILES string of the molecule is CCOC(=O)CCC1CCN(C)CC1. The average molecular weight is 199 g/mol. The molecular weight excluding hydrogens is 178 g/mol. The molecule has 0 bridgehead atoms. The largest absolute Gasteiger partial charge is 0.466 e. The van der Waals surface area contributed by atoms with E-state index in [0.717, 1.165) is 12.3 Å². The predicted octanol–water partition coefficient (Wildman–Crippen LogP) is 1.67. The summed E-state index contributed by atoms with van der Waals surface area (Å²) in [6, 6.07) is 0. The van der Waals surface area contributed by atoms with Gasteiger partial charge in [-0.25, -0.2) is 0 Å². The summed E-state index contributed by atoms with van der Waals surface area (Å²) in [5.74, 6) is 0.696. The topological polar surface area (TPSA) is 29.5 Å². The van der Waals surface area contributed by atoms with Crippen LogP contribution in [-0.2, 0) is 9.53 Å². The van der Waals surface area contributed by atoms with Gasteiger partial charge in [-0.1, -0.05) is 0 Å². The molecule has 0 amide bonds. The fourth-order valence-electron chi connectivity index (χ4n) is 1.91. The van der Waals surface area contributed by atoms with E-state index < -0.39 is 0 Å². The molecule has 0 aromatic heterocycles. The summed E-state index contributed by atoms with van der Waals surface area (Å²) in [6.45, 7) is 4.71. The Morgan fingerprint density at radius 3 is 2.64 bits per heavy atom. The Hall–Kier alpha value is -0.570. The van der Waals surface area contributed by atoms with E-state index in [1.807, 2.05) is 6.92 Å². The van der Waals surface area contributed by atoms with Gasteiger partial charge >= 0.3 is 5.97 Å². The molecule has 1 fully saturated rings. The van der Waals surface area contributed by atoms with Crippen molar-refractivity contribution in [1.82, 2.24) is 4.90 Å². The highest BCUT2D eigenvalue weighted by atomic mass is 16.5. The highest BCUT2D eigenvalue weighted by molar-refractivity contribution is 5.69. The van der Waals surface area contributed by atoms with Crippen LogP contribution < -0.4 is 0 Å². The molecule has 0 aliphatic carbocycles. The minimum absolute atomic E-state index is 0.0357. The number of hydrogen-bond donors (Lipinski definition) is 0. The van der Waals surface area contributed by atoms with Gasteiger partial charge in [-0.15, -0.1) is 0 Å². The molecule has 0 spiro atoms. The van der Waals surface area contributed by atoms with E-state index in [1.165, 1.54) is 25.9 Å². The van der Waals surface area contributed by atoms with Gasteiger partial charge in [-0.05, 0) is 52.2 Å². The maximum Gasteiger partial charge on any atom is 0.305 e. The third-order valence-corrected chi connectivity index (χ3v) is 2.90. The van der Waals surface area contributed by atoms with Crippen LogP contribution in [0.3, 0.4) is 0 Å². The second-order valence-corrected chi connectivity index (χ2v) is 4.09. The maximum absolute atomic E-state index is 11.1. The molecule has 3 heteroatoms. The first-order chi connectivity index (χ1) is 6.72. The molecule has 1 aliphatic heterocycles. The summed E-state index contributed by atoms with van der Waals surface area (Å²) in [5.41, 5.74) is 0. The quantitative estimate of drug-likeness (QED) is 0.645. The lowest BCUT2D eigenvalue weighted by Gasteiger charge is -2.28. The zero-order chi connectivity index (χ0) is 10.4. The Morgan fingerprint density at radius 2 is 2.07 bits per heavy atom. The van der Waals surface area contributed by atoms with Crippen molar-refractivity contribution in [3.05, 3.63) is 0 Å². The molecule has 0 aromatic carbocycles. The first-order valence-electron chi connectivity index (χ1n) is 5.56. The van der Waals surface area contributed by atoms with Gasteiger partial charge in [-0.2, -0.15) is 0 Å². The molecular formula is C11H21NO2. The van der Waals surface area contributed by atoms with Gasteiger partial charge in [0.05, 0.1) is 6.61 Å². The Kier molecular flexibility index (Phi) is 4.94. The van der Waals surface area contributed by atoms with Crippen LogP contribution in [0.1, 0.15) is 32.6 Å². The summed E-state index contributed by atoms with van der Waals surface area (Å²) in [4.78, 5) is 13.5. The number of ether oxygens (including phenoxy) is 1. The highest BCUT2D eigenvalue weighted by Crippen LogP contribution is 2.20. The number of carbonyl (C=O) groups excluding carboxylic acids is 1. The molecule has 0 radical (unpaired) electrons. The molecule has 0 saturated carbocycles. The van der Waals surface area contributed by atoms with Gasteiger partial charge in [0.1, 0.15) is 0 Å². The van der Waals surface area contributed by atoms with Gasteiger partial charge in [0.15, 0.2) is 0 Å². The van der Waals surface area contributed by atoms with Crippen molar-refractivity contribution in [2.45, 2.75) is 32.6 Å². The zero-order valence-corrected chi connectivity index (χ0v) is 9.29. The minimum atomic E-state index is -0.0357. The lowest BCUT2D eigenvalue weighted by atomic mass is 9.92.